The molecular weight excluding hydrogens is 410 g/mol. The van der Waals surface area contributed by atoms with Gasteiger partial charge in [0.1, 0.15) is 6.33 Å². The molecular formula is C20H24BrN3O3. The lowest BCUT2D eigenvalue weighted by Crippen LogP contribution is -2.34. The quantitative estimate of drug-likeness (QED) is 0.799. The molecule has 0 bridgehead atoms. The van der Waals surface area contributed by atoms with Crippen LogP contribution >= 0.6 is 17.0 Å². The van der Waals surface area contributed by atoms with E-state index in [0.717, 1.165) is 47.4 Å². The molecule has 1 N–H and O–H groups in total. The first-order valence-electron chi connectivity index (χ1n) is 9.07. The average molecular weight is 434 g/mol. The van der Waals surface area contributed by atoms with Crippen molar-refractivity contribution >= 4 is 22.7 Å². The Morgan fingerprint density at radius 3 is 2.63 bits per heavy atom. The molecule has 7 heteroatoms. The van der Waals surface area contributed by atoms with Crippen molar-refractivity contribution < 1.29 is 14.6 Å². The number of hydrogen-bond donors (Lipinski definition) is 1. The number of aromatic nitrogens is 2. The Hall–Kier alpha value is -1.99. The van der Waals surface area contributed by atoms with Crippen molar-refractivity contribution in [2.75, 3.05) is 13.7 Å². The third kappa shape index (κ3) is 3.71. The number of aliphatic hydroxyl groups is 1. The lowest BCUT2D eigenvalue weighted by Gasteiger charge is -2.37. The molecule has 6 nitrogen and oxygen atoms in total. The minimum Gasteiger partial charge on any atom is -0.493 e. The molecule has 4 rings (SSSR count). The second-order valence-electron chi connectivity index (χ2n) is 6.77. The van der Waals surface area contributed by atoms with Gasteiger partial charge in [-0.1, -0.05) is 0 Å². The number of aliphatic imine (C=N–C) groups is 1. The zero-order valence-corrected chi connectivity index (χ0v) is 17.2. The Morgan fingerprint density at radius 1 is 1.15 bits per heavy atom. The van der Waals surface area contributed by atoms with E-state index in [4.69, 9.17) is 14.5 Å². The number of ether oxygens (including phenoxy) is 2. The lowest BCUT2D eigenvalue weighted by molar-refractivity contribution is 0.111. The molecule has 144 valence electrons. The molecule has 27 heavy (non-hydrogen) atoms. The van der Waals surface area contributed by atoms with E-state index in [1.807, 2.05) is 13.0 Å². The predicted molar refractivity (Wildman–Crippen MR) is 109 cm³/mol. The highest BCUT2D eigenvalue weighted by Gasteiger charge is 2.37. The van der Waals surface area contributed by atoms with Gasteiger partial charge in [0.2, 0.25) is 0 Å². The standard InChI is InChI=1S/C20H23N3O3.BrH/c1-3-26-19-7-14-15-6-13(24)4-5-17(15)23-20(12-9-21-11-22-10-12)16(14)8-18(19)25-2;/h7-11,13,15,17,24H,3-6H2,1-2H3;1H/t13-,15-,17-;/m1./s1. The van der Waals surface area contributed by atoms with Crippen LogP contribution in [0.3, 0.4) is 0 Å². The lowest BCUT2D eigenvalue weighted by atomic mass is 9.74. The normalized spacial score (nSPS) is 23.4. The van der Waals surface area contributed by atoms with Gasteiger partial charge in [-0.25, -0.2) is 9.97 Å². The van der Waals surface area contributed by atoms with Crippen molar-refractivity contribution in [3.05, 3.63) is 47.5 Å². The van der Waals surface area contributed by atoms with Crippen molar-refractivity contribution in [2.45, 2.75) is 44.2 Å². The van der Waals surface area contributed by atoms with Gasteiger partial charge >= 0.3 is 0 Å². The number of halogens is 1. The Labute approximate surface area is 169 Å². The van der Waals surface area contributed by atoms with Crippen molar-refractivity contribution in [3.8, 4) is 11.5 Å². The Bertz CT molecular complexity index is 829. The Kier molecular flexibility index (Phi) is 6.11. The summed E-state index contributed by atoms with van der Waals surface area (Å²) in [6.45, 7) is 2.53. The number of rotatable bonds is 4. The van der Waals surface area contributed by atoms with Crippen LogP contribution in [0.25, 0.3) is 0 Å². The minimum atomic E-state index is -0.279. The number of fused-ring (bicyclic) bond motifs is 3. The zero-order chi connectivity index (χ0) is 18.1. The van der Waals surface area contributed by atoms with Crippen LogP contribution in [-0.2, 0) is 0 Å². The molecule has 1 fully saturated rings. The summed E-state index contributed by atoms with van der Waals surface area (Å²) in [6.07, 6.45) is 7.20. The monoisotopic (exact) mass is 433 g/mol. The SMILES string of the molecule is Br.CCOc1cc2c(cc1OC)C(c1cncnc1)=N[C@@H]1CC[C@@H](O)C[C@H]21. The fourth-order valence-electron chi connectivity index (χ4n) is 4.02. The van der Waals surface area contributed by atoms with E-state index < -0.39 is 0 Å². The molecule has 1 aliphatic heterocycles. The van der Waals surface area contributed by atoms with Crippen LogP contribution in [-0.4, -0.2) is 46.6 Å². The first kappa shape index (κ1) is 19.8. The molecule has 3 atom stereocenters. The van der Waals surface area contributed by atoms with Gasteiger partial charge in [-0.15, -0.1) is 17.0 Å². The van der Waals surface area contributed by atoms with Gasteiger partial charge in [0.15, 0.2) is 11.5 Å². The predicted octanol–water partition coefficient (Wildman–Crippen LogP) is 3.31. The molecule has 2 aliphatic rings. The minimum absolute atomic E-state index is 0. The molecule has 1 saturated carbocycles. The van der Waals surface area contributed by atoms with Gasteiger partial charge in [0, 0.05) is 29.4 Å². The van der Waals surface area contributed by atoms with Crippen molar-refractivity contribution in [1.29, 1.82) is 0 Å². The maximum absolute atomic E-state index is 10.2. The van der Waals surface area contributed by atoms with E-state index in [1.165, 1.54) is 6.33 Å². The molecule has 0 amide bonds. The molecule has 1 aromatic carbocycles. The van der Waals surface area contributed by atoms with Gasteiger partial charge in [-0.2, -0.15) is 0 Å². The molecule has 0 unspecified atom stereocenters. The highest BCUT2D eigenvalue weighted by Crippen LogP contribution is 2.44. The smallest absolute Gasteiger partial charge is 0.161 e. The molecule has 2 aromatic rings. The van der Waals surface area contributed by atoms with Crippen LogP contribution < -0.4 is 9.47 Å². The topological polar surface area (TPSA) is 76.8 Å². The van der Waals surface area contributed by atoms with E-state index in [9.17, 15) is 5.11 Å². The largest absolute Gasteiger partial charge is 0.493 e. The van der Waals surface area contributed by atoms with E-state index in [1.54, 1.807) is 19.5 Å². The summed E-state index contributed by atoms with van der Waals surface area (Å²) < 4.78 is 11.3. The van der Waals surface area contributed by atoms with E-state index in [-0.39, 0.29) is 35.0 Å². The van der Waals surface area contributed by atoms with E-state index in [2.05, 4.69) is 16.0 Å². The van der Waals surface area contributed by atoms with Gasteiger partial charge in [0.05, 0.1) is 31.6 Å². The first-order chi connectivity index (χ1) is 12.7. The summed E-state index contributed by atoms with van der Waals surface area (Å²) in [7, 11) is 1.64. The summed E-state index contributed by atoms with van der Waals surface area (Å²) in [4.78, 5) is 13.3. The average Bonchev–Trinajstić information content (AvgIpc) is 2.68. The summed E-state index contributed by atoms with van der Waals surface area (Å²) in [5.41, 5.74) is 3.95. The molecule has 1 aromatic heterocycles. The number of methoxy groups -OCH3 is 1. The van der Waals surface area contributed by atoms with Gasteiger partial charge < -0.3 is 14.6 Å². The highest BCUT2D eigenvalue weighted by molar-refractivity contribution is 8.93. The summed E-state index contributed by atoms with van der Waals surface area (Å²) in [5.74, 6) is 1.61. The number of hydrogen-bond acceptors (Lipinski definition) is 6. The van der Waals surface area contributed by atoms with Crippen LogP contribution in [0.5, 0.6) is 11.5 Å². The maximum Gasteiger partial charge on any atom is 0.161 e. The molecule has 0 spiro atoms. The summed E-state index contributed by atoms with van der Waals surface area (Å²) in [6, 6.07) is 4.21. The fourth-order valence-corrected chi connectivity index (χ4v) is 4.02. The van der Waals surface area contributed by atoms with Gasteiger partial charge in [0.25, 0.3) is 0 Å². The molecule has 0 radical (unpaired) electrons. The van der Waals surface area contributed by atoms with Crippen molar-refractivity contribution in [3.63, 3.8) is 0 Å². The van der Waals surface area contributed by atoms with Crippen molar-refractivity contribution in [2.24, 2.45) is 4.99 Å². The van der Waals surface area contributed by atoms with Crippen LogP contribution in [0.15, 0.2) is 35.8 Å². The first-order valence-corrected chi connectivity index (χ1v) is 9.07. The highest BCUT2D eigenvalue weighted by atomic mass is 79.9. The van der Waals surface area contributed by atoms with Gasteiger partial charge in [-0.3, -0.25) is 4.99 Å². The van der Waals surface area contributed by atoms with Crippen LogP contribution in [0.1, 0.15) is 48.8 Å². The summed E-state index contributed by atoms with van der Waals surface area (Å²) in [5, 5.41) is 10.2. The molecule has 2 heterocycles. The van der Waals surface area contributed by atoms with Gasteiger partial charge in [-0.05, 0) is 43.9 Å². The van der Waals surface area contributed by atoms with Crippen LogP contribution in [0.4, 0.5) is 0 Å². The summed E-state index contributed by atoms with van der Waals surface area (Å²) >= 11 is 0. The fraction of sp³-hybridized carbons (Fsp3) is 0.450. The number of aliphatic hydroxyl groups excluding tert-OH is 1. The second-order valence-corrected chi connectivity index (χ2v) is 6.77. The third-order valence-corrected chi connectivity index (χ3v) is 5.21. The number of benzene rings is 1. The van der Waals surface area contributed by atoms with Crippen molar-refractivity contribution in [1.82, 2.24) is 9.97 Å². The Balaban J connectivity index is 0.00000210. The number of nitrogens with zero attached hydrogens (tertiary/aromatic N) is 3. The molecule has 0 saturated heterocycles. The maximum atomic E-state index is 10.2. The van der Waals surface area contributed by atoms with E-state index >= 15 is 0 Å². The van der Waals surface area contributed by atoms with E-state index in [0.29, 0.717) is 12.4 Å². The zero-order valence-electron chi connectivity index (χ0n) is 15.5. The van der Waals surface area contributed by atoms with Crippen LogP contribution in [0.2, 0.25) is 0 Å². The molecule has 1 aliphatic carbocycles. The Morgan fingerprint density at radius 2 is 1.93 bits per heavy atom. The third-order valence-electron chi connectivity index (χ3n) is 5.21. The van der Waals surface area contributed by atoms with Crippen LogP contribution in [0, 0.1) is 0 Å². The second kappa shape index (κ2) is 8.35.